The molecule has 2 aliphatic carbocycles. The molecule has 94 valence electrons. The van der Waals surface area contributed by atoms with Crippen molar-refractivity contribution in [1.82, 2.24) is 9.97 Å². The third-order valence-electron chi connectivity index (χ3n) is 4.19. The summed E-state index contributed by atoms with van der Waals surface area (Å²) in [4.78, 5) is 11.6. The highest BCUT2D eigenvalue weighted by molar-refractivity contribution is 7.19. The van der Waals surface area contributed by atoms with Gasteiger partial charge in [-0.25, -0.2) is 9.97 Å². The Morgan fingerprint density at radius 3 is 3.06 bits per heavy atom. The molecule has 3 nitrogen and oxygen atoms in total. The molecule has 0 unspecified atom stereocenters. The molecular formula is C14H17N3S. The van der Waals surface area contributed by atoms with Crippen molar-refractivity contribution >= 4 is 27.4 Å². The summed E-state index contributed by atoms with van der Waals surface area (Å²) < 4.78 is 0. The molecule has 1 N–H and O–H groups in total. The Bertz CT molecular complexity index is 600. The van der Waals surface area contributed by atoms with Gasteiger partial charge in [0.1, 0.15) is 17.0 Å². The maximum absolute atomic E-state index is 4.49. The average Bonchev–Trinajstić information content (AvgIpc) is 3.01. The molecule has 18 heavy (non-hydrogen) atoms. The smallest absolute Gasteiger partial charge is 0.138 e. The van der Waals surface area contributed by atoms with E-state index in [-0.39, 0.29) is 0 Å². The van der Waals surface area contributed by atoms with Crippen LogP contribution in [0.2, 0.25) is 0 Å². The van der Waals surface area contributed by atoms with Gasteiger partial charge >= 0.3 is 0 Å². The molecule has 2 aromatic heterocycles. The lowest BCUT2D eigenvalue weighted by Gasteiger charge is -2.14. The topological polar surface area (TPSA) is 37.8 Å². The number of rotatable bonds is 3. The van der Waals surface area contributed by atoms with Crippen molar-refractivity contribution < 1.29 is 0 Å². The highest BCUT2D eigenvalue weighted by Gasteiger charge is 2.29. The molecule has 1 saturated carbocycles. The maximum atomic E-state index is 4.49. The summed E-state index contributed by atoms with van der Waals surface area (Å²) in [5.74, 6) is 1.92. The lowest BCUT2D eigenvalue weighted by Crippen LogP contribution is -2.18. The molecule has 0 bridgehead atoms. The first-order chi connectivity index (χ1) is 8.83. The largest absolute Gasteiger partial charge is 0.367 e. The Kier molecular flexibility index (Phi) is 2.34. The number of anilines is 1. The van der Waals surface area contributed by atoms with E-state index < -0.39 is 0 Å². The molecule has 0 aromatic carbocycles. The molecule has 2 aliphatic rings. The lowest BCUT2D eigenvalue weighted by atomic mass is 10.1. The van der Waals surface area contributed by atoms with Crippen LogP contribution in [0.4, 0.5) is 5.82 Å². The van der Waals surface area contributed by atoms with Gasteiger partial charge in [0.15, 0.2) is 0 Å². The molecule has 2 heterocycles. The van der Waals surface area contributed by atoms with Crippen LogP contribution < -0.4 is 5.32 Å². The Balaban J connectivity index is 1.79. The van der Waals surface area contributed by atoms with E-state index >= 15 is 0 Å². The molecule has 0 spiro atoms. The van der Waals surface area contributed by atoms with Crippen molar-refractivity contribution in [2.75, 3.05) is 5.32 Å². The fourth-order valence-electron chi connectivity index (χ4n) is 2.97. The van der Waals surface area contributed by atoms with E-state index in [1.54, 1.807) is 6.33 Å². The van der Waals surface area contributed by atoms with E-state index in [2.05, 4.69) is 22.2 Å². The van der Waals surface area contributed by atoms with Crippen molar-refractivity contribution in [3.05, 3.63) is 16.8 Å². The van der Waals surface area contributed by atoms with E-state index in [1.165, 1.54) is 52.8 Å². The van der Waals surface area contributed by atoms with Crippen LogP contribution in [0.3, 0.4) is 0 Å². The molecule has 1 atom stereocenters. The first-order valence-corrected chi connectivity index (χ1v) is 7.66. The number of hydrogen-bond acceptors (Lipinski definition) is 4. The Morgan fingerprint density at radius 1 is 1.33 bits per heavy atom. The number of aryl methyl sites for hydroxylation is 2. The molecule has 4 rings (SSSR count). The Hall–Kier alpha value is -1.16. The molecule has 1 fully saturated rings. The van der Waals surface area contributed by atoms with Crippen LogP contribution in [-0.4, -0.2) is 16.0 Å². The summed E-state index contributed by atoms with van der Waals surface area (Å²) in [6.45, 7) is 2.28. The summed E-state index contributed by atoms with van der Waals surface area (Å²) in [6, 6.07) is 0.542. The molecule has 0 saturated heterocycles. The van der Waals surface area contributed by atoms with Crippen molar-refractivity contribution in [3.8, 4) is 0 Å². The first-order valence-electron chi connectivity index (χ1n) is 6.84. The Morgan fingerprint density at radius 2 is 2.22 bits per heavy atom. The van der Waals surface area contributed by atoms with Crippen LogP contribution in [0.25, 0.3) is 10.2 Å². The summed E-state index contributed by atoms with van der Waals surface area (Å²) in [6.07, 6.45) is 8.16. The van der Waals surface area contributed by atoms with Gasteiger partial charge in [-0.15, -0.1) is 11.3 Å². The molecule has 4 heteroatoms. The number of nitrogens with one attached hydrogen (secondary N) is 1. The number of aromatic nitrogens is 2. The van der Waals surface area contributed by atoms with Gasteiger partial charge in [-0.05, 0) is 50.5 Å². The standard InChI is InChI=1S/C14H17N3S/c1-8(9-5-6-9)17-13-12-10-3-2-4-11(10)18-14(12)16-7-15-13/h7-9H,2-6H2,1H3,(H,15,16,17)/t8-/m1/s1. The molecule has 2 aromatic rings. The van der Waals surface area contributed by atoms with Gasteiger partial charge in [0, 0.05) is 10.9 Å². The highest BCUT2D eigenvalue weighted by atomic mass is 32.1. The monoisotopic (exact) mass is 259 g/mol. The SMILES string of the molecule is C[C@@H](Nc1ncnc2sc3c(c12)CCC3)C1CC1. The van der Waals surface area contributed by atoms with Crippen molar-refractivity contribution in [1.29, 1.82) is 0 Å². The third-order valence-corrected chi connectivity index (χ3v) is 5.39. The van der Waals surface area contributed by atoms with E-state index in [4.69, 9.17) is 0 Å². The minimum atomic E-state index is 0.542. The summed E-state index contributed by atoms with van der Waals surface area (Å²) in [7, 11) is 0. The zero-order valence-electron chi connectivity index (χ0n) is 10.6. The summed E-state index contributed by atoms with van der Waals surface area (Å²) >= 11 is 1.86. The van der Waals surface area contributed by atoms with Crippen LogP contribution >= 0.6 is 11.3 Å². The summed E-state index contributed by atoms with van der Waals surface area (Å²) in [5.41, 5.74) is 1.51. The zero-order chi connectivity index (χ0) is 12.1. The molecular weight excluding hydrogens is 242 g/mol. The maximum Gasteiger partial charge on any atom is 0.138 e. The van der Waals surface area contributed by atoms with Crippen molar-refractivity contribution in [3.63, 3.8) is 0 Å². The van der Waals surface area contributed by atoms with Gasteiger partial charge in [0.2, 0.25) is 0 Å². The van der Waals surface area contributed by atoms with Gasteiger partial charge in [-0.1, -0.05) is 0 Å². The third kappa shape index (κ3) is 1.62. The van der Waals surface area contributed by atoms with Crippen molar-refractivity contribution in [2.24, 2.45) is 5.92 Å². The number of thiophene rings is 1. The van der Waals surface area contributed by atoms with Crippen LogP contribution in [0.1, 0.15) is 36.6 Å². The minimum absolute atomic E-state index is 0.542. The van der Waals surface area contributed by atoms with E-state index in [1.807, 2.05) is 11.3 Å². The van der Waals surface area contributed by atoms with Gasteiger partial charge in [-0.2, -0.15) is 0 Å². The first kappa shape index (κ1) is 10.7. The quantitative estimate of drug-likeness (QED) is 0.918. The van der Waals surface area contributed by atoms with Gasteiger partial charge in [-0.3, -0.25) is 0 Å². The second-order valence-electron chi connectivity index (χ2n) is 5.53. The molecule has 0 aliphatic heterocycles. The normalized spacial score (nSPS) is 20.1. The zero-order valence-corrected chi connectivity index (χ0v) is 11.4. The van der Waals surface area contributed by atoms with Crippen LogP contribution in [0.5, 0.6) is 0 Å². The highest BCUT2D eigenvalue weighted by Crippen LogP contribution is 2.40. The Labute approximate surface area is 111 Å². The van der Waals surface area contributed by atoms with E-state index in [0.29, 0.717) is 6.04 Å². The van der Waals surface area contributed by atoms with Crippen molar-refractivity contribution in [2.45, 2.75) is 45.1 Å². The second kappa shape index (κ2) is 3.92. The molecule has 0 radical (unpaired) electrons. The predicted molar refractivity (Wildman–Crippen MR) is 75.2 cm³/mol. The second-order valence-corrected chi connectivity index (χ2v) is 6.61. The van der Waals surface area contributed by atoms with E-state index in [0.717, 1.165) is 11.7 Å². The fourth-order valence-corrected chi connectivity index (χ4v) is 4.20. The predicted octanol–water partition coefficient (Wildman–Crippen LogP) is 3.39. The van der Waals surface area contributed by atoms with E-state index in [9.17, 15) is 0 Å². The fraction of sp³-hybridized carbons (Fsp3) is 0.571. The number of hydrogen-bond donors (Lipinski definition) is 1. The van der Waals surface area contributed by atoms with Gasteiger partial charge in [0.25, 0.3) is 0 Å². The van der Waals surface area contributed by atoms with Crippen LogP contribution in [0, 0.1) is 5.92 Å². The molecule has 0 amide bonds. The minimum Gasteiger partial charge on any atom is -0.367 e. The number of fused-ring (bicyclic) bond motifs is 3. The van der Waals surface area contributed by atoms with Gasteiger partial charge < -0.3 is 5.32 Å². The lowest BCUT2D eigenvalue weighted by molar-refractivity contribution is 0.691. The summed E-state index contributed by atoms with van der Waals surface area (Å²) in [5, 5.41) is 4.93. The average molecular weight is 259 g/mol. The number of nitrogens with zero attached hydrogens (tertiary/aromatic N) is 2. The van der Waals surface area contributed by atoms with Crippen LogP contribution in [-0.2, 0) is 12.8 Å². The van der Waals surface area contributed by atoms with Crippen LogP contribution in [0.15, 0.2) is 6.33 Å². The van der Waals surface area contributed by atoms with Gasteiger partial charge in [0.05, 0.1) is 5.39 Å².